The summed E-state index contributed by atoms with van der Waals surface area (Å²) in [6.07, 6.45) is 0.302. The molecule has 0 bridgehead atoms. The van der Waals surface area contributed by atoms with Crippen LogP contribution in [0.5, 0.6) is 0 Å². The van der Waals surface area contributed by atoms with Gasteiger partial charge in [-0.1, -0.05) is 13.0 Å². The molecule has 0 saturated heterocycles. The second-order valence-corrected chi connectivity index (χ2v) is 3.48. The van der Waals surface area contributed by atoms with Gasteiger partial charge in [0.2, 0.25) is 0 Å². The van der Waals surface area contributed by atoms with Crippen molar-refractivity contribution < 1.29 is 8.78 Å². The third-order valence-electron chi connectivity index (χ3n) is 2.56. The number of benzene rings is 1. The maximum absolute atomic E-state index is 14.1. The minimum Gasteiger partial charge on any atom is -0.327 e. The summed E-state index contributed by atoms with van der Waals surface area (Å²) in [5.41, 5.74) is 4.96. The van der Waals surface area contributed by atoms with Gasteiger partial charge in [0.25, 0.3) is 0 Å². The van der Waals surface area contributed by atoms with E-state index < -0.39 is 5.67 Å². The van der Waals surface area contributed by atoms with E-state index in [-0.39, 0.29) is 12.4 Å². The van der Waals surface area contributed by atoms with Gasteiger partial charge in [-0.05, 0) is 36.6 Å². The zero-order valence-corrected chi connectivity index (χ0v) is 8.48. The van der Waals surface area contributed by atoms with Crippen LogP contribution in [0.15, 0.2) is 18.2 Å². The highest BCUT2D eigenvalue weighted by molar-refractivity contribution is 5.32. The van der Waals surface area contributed by atoms with Crippen LogP contribution in [0.2, 0.25) is 0 Å². The predicted octanol–water partition coefficient (Wildman–Crippen LogP) is 2.67. The lowest BCUT2D eigenvalue weighted by atomic mass is 9.90. The lowest BCUT2D eigenvalue weighted by Gasteiger charge is -2.24. The third-order valence-corrected chi connectivity index (χ3v) is 2.56. The minimum absolute atomic E-state index is 0.0734. The van der Waals surface area contributed by atoms with Gasteiger partial charge in [-0.25, -0.2) is 8.78 Å². The van der Waals surface area contributed by atoms with Crippen LogP contribution >= 0.6 is 0 Å². The maximum Gasteiger partial charge on any atom is 0.148 e. The Labute approximate surface area is 82.9 Å². The van der Waals surface area contributed by atoms with E-state index in [2.05, 4.69) is 0 Å². The molecule has 2 N–H and O–H groups in total. The molecule has 0 aromatic heterocycles. The zero-order valence-electron chi connectivity index (χ0n) is 8.48. The molecule has 1 aromatic rings. The van der Waals surface area contributed by atoms with E-state index in [0.29, 0.717) is 17.5 Å². The fourth-order valence-electron chi connectivity index (χ4n) is 1.57. The van der Waals surface area contributed by atoms with Crippen molar-refractivity contribution in [1.82, 2.24) is 0 Å². The van der Waals surface area contributed by atoms with Crippen LogP contribution in [0.25, 0.3) is 0 Å². The number of rotatable bonds is 3. The van der Waals surface area contributed by atoms with Crippen LogP contribution in [-0.4, -0.2) is 6.54 Å². The Morgan fingerprint density at radius 2 is 2.07 bits per heavy atom. The Morgan fingerprint density at radius 3 is 2.50 bits per heavy atom. The first-order valence-corrected chi connectivity index (χ1v) is 4.69. The first-order chi connectivity index (χ1) is 6.53. The predicted molar refractivity (Wildman–Crippen MR) is 53.3 cm³/mol. The molecule has 0 amide bonds. The monoisotopic (exact) mass is 199 g/mol. The van der Waals surface area contributed by atoms with Gasteiger partial charge in [-0.3, -0.25) is 0 Å². The van der Waals surface area contributed by atoms with Gasteiger partial charge in [-0.15, -0.1) is 0 Å². The normalized spacial score (nSPS) is 15.2. The summed E-state index contributed by atoms with van der Waals surface area (Å²) in [6.45, 7) is 3.35. The number of halogens is 2. The van der Waals surface area contributed by atoms with Gasteiger partial charge < -0.3 is 5.73 Å². The molecular formula is C11H15F2N. The van der Waals surface area contributed by atoms with Crippen molar-refractivity contribution >= 4 is 0 Å². The summed E-state index contributed by atoms with van der Waals surface area (Å²) in [4.78, 5) is 0. The molecule has 0 fully saturated rings. The lowest BCUT2D eigenvalue weighted by molar-refractivity contribution is 0.168. The topological polar surface area (TPSA) is 26.0 Å². The van der Waals surface area contributed by atoms with Gasteiger partial charge in [0, 0.05) is 6.54 Å². The molecule has 0 aliphatic heterocycles. The number of hydrogen-bond donors (Lipinski definition) is 1. The average Bonchev–Trinajstić information content (AvgIpc) is 2.17. The lowest BCUT2D eigenvalue weighted by Crippen LogP contribution is -2.30. The van der Waals surface area contributed by atoms with E-state index in [1.807, 2.05) is 0 Å². The molecule has 0 spiro atoms. The van der Waals surface area contributed by atoms with E-state index >= 15 is 0 Å². The Bertz CT molecular complexity index is 319. The van der Waals surface area contributed by atoms with Crippen molar-refractivity contribution in [3.63, 3.8) is 0 Å². The first-order valence-electron chi connectivity index (χ1n) is 4.69. The van der Waals surface area contributed by atoms with Crippen molar-refractivity contribution in [2.45, 2.75) is 25.9 Å². The quantitative estimate of drug-likeness (QED) is 0.795. The molecule has 14 heavy (non-hydrogen) atoms. The molecule has 78 valence electrons. The number of aryl methyl sites for hydroxylation is 1. The van der Waals surface area contributed by atoms with E-state index in [0.717, 1.165) is 0 Å². The molecule has 0 radical (unpaired) electrons. The minimum atomic E-state index is -1.53. The molecule has 1 atom stereocenters. The Kier molecular flexibility index (Phi) is 3.21. The highest BCUT2D eigenvalue weighted by Crippen LogP contribution is 2.31. The molecular weight excluding hydrogens is 184 g/mol. The van der Waals surface area contributed by atoms with Crippen molar-refractivity contribution in [2.24, 2.45) is 5.73 Å². The molecule has 1 aromatic carbocycles. The van der Waals surface area contributed by atoms with Crippen LogP contribution in [0.4, 0.5) is 8.78 Å². The summed E-state index contributed by atoms with van der Waals surface area (Å²) in [5, 5.41) is 0. The van der Waals surface area contributed by atoms with Crippen molar-refractivity contribution in [2.75, 3.05) is 6.54 Å². The van der Waals surface area contributed by atoms with Gasteiger partial charge in [0.1, 0.15) is 11.5 Å². The van der Waals surface area contributed by atoms with E-state index in [4.69, 9.17) is 5.73 Å². The Morgan fingerprint density at radius 1 is 1.43 bits per heavy atom. The van der Waals surface area contributed by atoms with E-state index in [9.17, 15) is 8.78 Å². The highest BCUT2D eigenvalue weighted by atomic mass is 19.1. The summed E-state index contributed by atoms with van der Waals surface area (Å²) < 4.78 is 26.9. The van der Waals surface area contributed by atoms with Gasteiger partial charge in [0.15, 0.2) is 0 Å². The third kappa shape index (κ3) is 1.93. The highest BCUT2D eigenvalue weighted by Gasteiger charge is 2.29. The van der Waals surface area contributed by atoms with Crippen molar-refractivity contribution in [3.8, 4) is 0 Å². The molecule has 1 rings (SSSR count). The second kappa shape index (κ2) is 4.05. The SMILES string of the molecule is CCC(F)(CN)c1ccc(F)cc1C. The molecule has 0 saturated carbocycles. The van der Waals surface area contributed by atoms with Crippen LogP contribution in [0.3, 0.4) is 0 Å². The van der Waals surface area contributed by atoms with E-state index in [1.54, 1.807) is 13.8 Å². The molecule has 3 heteroatoms. The number of nitrogens with two attached hydrogens (primary N) is 1. The fraction of sp³-hybridized carbons (Fsp3) is 0.455. The standard InChI is InChI=1S/C11H15F2N/c1-3-11(13,7-14)10-5-4-9(12)6-8(10)2/h4-6H,3,7,14H2,1-2H3. The fourth-order valence-corrected chi connectivity index (χ4v) is 1.57. The summed E-state index contributed by atoms with van der Waals surface area (Å²) in [5.74, 6) is -0.346. The molecule has 1 unspecified atom stereocenters. The van der Waals surface area contributed by atoms with E-state index in [1.165, 1.54) is 18.2 Å². The molecule has 0 aliphatic rings. The van der Waals surface area contributed by atoms with Gasteiger partial charge in [-0.2, -0.15) is 0 Å². The largest absolute Gasteiger partial charge is 0.327 e. The second-order valence-electron chi connectivity index (χ2n) is 3.48. The smallest absolute Gasteiger partial charge is 0.148 e. The first kappa shape index (κ1) is 11.1. The summed E-state index contributed by atoms with van der Waals surface area (Å²) in [7, 11) is 0. The average molecular weight is 199 g/mol. The Balaban J connectivity index is 3.17. The van der Waals surface area contributed by atoms with Crippen LogP contribution < -0.4 is 5.73 Å². The number of alkyl halides is 1. The van der Waals surface area contributed by atoms with Gasteiger partial charge >= 0.3 is 0 Å². The van der Waals surface area contributed by atoms with Crippen LogP contribution in [0.1, 0.15) is 24.5 Å². The molecule has 0 aliphatic carbocycles. The molecule has 0 heterocycles. The Hall–Kier alpha value is -0.960. The number of hydrogen-bond acceptors (Lipinski definition) is 1. The van der Waals surface area contributed by atoms with Crippen molar-refractivity contribution in [3.05, 3.63) is 35.1 Å². The van der Waals surface area contributed by atoms with Crippen LogP contribution in [-0.2, 0) is 5.67 Å². The summed E-state index contributed by atoms with van der Waals surface area (Å²) in [6, 6.07) is 4.07. The molecule has 1 nitrogen and oxygen atoms in total. The zero-order chi connectivity index (χ0) is 10.8. The van der Waals surface area contributed by atoms with Gasteiger partial charge in [0.05, 0.1) is 0 Å². The van der Waals surface area contributed by atoms with Crippen LogP contribution in [0, 0.1) is 12.7 Å². The maximum atomic E-state index is 14.1. The summed E-state index contributed by atoms with van der Waals surface area (Å²) >= 11 is 0. The van der Waals surface area contributed by atoms with Crippen molar-refractivity contribution in [1.29, 1.82) is 0 Å².